The zero-order valence-corrected chi connectivity index (χ0v) is 15.2. The summed E-state index contributed by atoms with van der Waals surface area (Å²) < 4.78 is 0. The average Bonchev–Trinajstić information content (AvgIpc) is 2.53. The fraction of sp³-hybridized carbons (Fsp3) is 0.944. The molecule has 2 fully saturated rings. The van der Waals surface area contributed by atoms with Gasteiger partial charge in [-0.25, -0.2) is 0 Å². The Morgan fingerprint density at radius 2 is 1.91 bits per heavy atom. The van der Waals surface area contributed by atoms with Crippen molar-refractivity contribution in [3.05, 3.63) is 0 Å². The molecule has 2 unspecified atom stereocenters. The number of rotatable bonds is 5. The summed E-state index contributed by atoms with van der Waals surface area (Å²) in [5, 5.41) is 0. The zero-order valence-electron chi connectivity index (χ0n) is 14.4. The molecule has 1 aliphatic carbocycles. The summed E-state index contributed by atoms with van der Waals surface area (Å²) in [5.41, 5.74) is 6.03. The quantitative estimate of drug-likeness (QED) is 0.828. The molecule has 0 radical (unpaired) electrons. The van der Waals surface area contributed by atoms with Gasteiger partial charge in [-0.2, -0.15) is 0 Å². The number of carbonyl (C=O) groups is 1. The number of unbranched alkanes of at least 4 members (excludes halogenated alkanes) is 1. The molecule has 2 atom stereocenters. The third kappa shape index (κ3) is 5.42. The van der Waals surface area contributed by atoms with E-state index in [-0.39, 0.29) is 18.4 Å². The fourth-order valence-electron chi connectivity index (χ4n) is 4.09. The van der Waals surface area contributed by atoms with Crippen LogP contribution in [-0.4, -0.2) is 29.9 Å². The number of likely N-dealkylation sites (tertiary alicyclic amines) is 1. The molecule has 2 rings (SSSR count). The van der Waals surface area contributed by atoms with E-state index >= 15 is 0 Å². The van der Waals surface area contributed by atoms with Crippen LogP contribution in [0.3, 0.4) is 0 Å². The number of carbonyl (C=O) groups excluding carboxylic acids is 1. The van der Waals surface area contributed by atoms with E-state index in [0.29, 0.717) is 17.7 Å². The molecule has 1 amide bonds. The van der Waals surface area contributed by atoms with E-state index in [1.165, 1.54) is 38.5 Å². The van der Waals surface area contributed by atoms with E-state index < -0.39 is 0 Å². The third-order valence-electron chi connectivity index (χ3n) is 5.68. The summed E-state index contributed by atoms with van der Waals surface area (Å²) in [6.07, 6.45) is 11.1. The molecule has 1 saturated carbocycles. The highest BCUT2D eigenvalue weighted by atomic mass is 35.5. The van der Waals surface area contributed by atoms with Crippen molar-refractivity contribution in [1.29, 1.82) is 0 Å². The van der Waals surface area contributed by atoms with Crippen molar-refractivity contribution in [2.24, 2.45) is 23.5 Å². The number of hydrogen-bond donors (Lipinski definition) is 1. The third-order valence-corrected chi connectivity index (χ3v) is 5.68. The molecule has 2 N–H and O–H groups in total. The first-order valence-electron chi connectivity index (χ1n) is 9.16. The van der Waals surface area contributed by atoms with Crippen molar-refractivity contribution in [1.82, 2.24) is 4.90 Å². The van der Waals surface area contributed by atoms with Gasteiger partial charge in [-0.15, -0.1) is 12.4 Å². The van der Waals surface area contributed by atoms with E-state index in [4.69, 9.17) is 5.73 Å². The summed E-state index contributed by atoms with van der Waals surface area (Å²) in [4.78, 5) is 14.8. The van der Waals surface area contributed by atoms with Crippen LogP contribution in [0.4, 0.5) is 0 Å². The SMILES string of the molecule is CCCCC1CCC(C(=O)N2CCCC(C(C)N)C2)CC1.Cl. The van der Waals surface area contributed by atoms with Gasteiger partial charge in [0.15, 0.2) is 0 Å². The van der Waals surface area contributed by atoms with Crippen molar-refractivity contribution in [2.45, 2.75) is 77.7 Å². The molecule has 1 heterocycles. The van der Waals surface area contributed by atoms with Crippen molar-refractivity contribution in [3.63, 3.8) is 0 Å². The second-order valence-electron chi connectivity index (χ2n) is 7.41. The van der Waals surface area contributed by atoms with Crippen molar-refractivity contribution >= 4 is 18.3 Å². The lowest BCUT2D eigenvalue weighted by Gasteiger charge is -2.38. The Morgan fingerprint density at radius 1 is 1.23 bits per heavy atom. The van der Waals surface area contributed by atoms with Gasteiger partial charge < -0.3 is 10.6 Å². The van der Waals surface area contributed by atoms with E-state index in [0.717, 1.165) is 38.3 Å². The predicted molar refractivity (Wildman–Crippen MR) is 95.2 cm³/mol. The van der Waals surface area contributed by atoms with Gasteiger partial charge in [-0.1, -0.05) is 26.2 Å². The lowest BCUT2D eigenvalue weighted by Crippen LogP contribution is -2.47. The first-order chi connectivity index (χ1) is 10.1. The van der Waals surface area contributed by atoms with Crippen LogP contribution in [0.25, 0.3) is 0 Å². The van der Waals surface area contributed by atoms with Crippen molar-refractivity contribution in [3.8, 4) is 0 Å². The number of amides is 1. The Balaban J connectivity index is 0.00000242. The number of piperidine rings is 1. The van der Waals surface area contributed by atoms with Crippen LogP contribution in [0.15, 0.2) is 0 Å². The van der Waals surface area contributed by atoms with Gasteiger partial charge >= 0.3 is 0 Å². The minimum Gasteiger partial charge on any atom is -0.342 e. The van der Waals surface area contributed by atoms with E-state index in [1.54, 1.807) is 0 Å². The molecule has 130 valence electrons. The highest BCUT2D eigenvalue weighted by Crippen LogP contribution is 2.33. The molecule has 4 heteroatoms. The second-order valence-corrected chi connectivity index (χ2v) is 7.41. The summed E-state index contributed by atoms with van der Waals surface area (Å²) >= 11 is 0. The normalized spacial score (nSPS) is 30.5. The maximum absolute atomic E-state index is 12.7. The highest BCUT2D eigenvalue weighted by molar-refractivity contribution is 5.85. The number of nitrogens with two attached hydrogens (primary N) is 1. The van der Waals surface area contributed by atoms with E-state index in [2.05, 4.69) is 18.7 Å². The molecular weight excluding hydrogens is 296 g/mol. The Labute approximate surface area is 142 Å². The van der Waals surface area contributed by atoms with Gasteiger partial charge in [0.05, 0.1) is 0 Å². The highest BCUT2D eigenvalue weighted by Gasteiger charge is 2.32. The average molecular weight is 331 g/mol. The molecule has 0 spiro atoms. The fourth-order valence-corrected chi connectivity index (χ4v) is 4.09. The minimum atomic E-state index is 0. The summed E-state index contributed by atoms with van der Waals surface area (Å²) in [7, 11) is 0. The lowest BCUT2D eigenvalue weighted by atomic mass is 9.79. The first kappa shape index (κ1) is 19.8. The summed E-state index contributed by atoms with van der Waals surface area (Å²) in [5.74, 6) is 2.11. The van der Waals surface area contributed by atoms with Gasteiger partial charge in [0.2, 0.25) is 5.91 Å². The van der Waals surface area contributed by atoms with Crippen LogP contribution in [-0.2, 0) is 4.79 Å². The first-order valence-corrected chi connectivity index (χ1v) is 9.16. The van der Waals surface area contributed by atoms with Crippen LogP contribution in [0.1, 0.15) is 71.6 Å². The van der Waals surface area contributed by atoms with Crippen LogP contribution >= 0.6 is 12.4 Å². The molecule has 0 aromatic heterocycles. The van der Waals surface area contributed by atoms with Crippen LogP contribution < -0.4 is 5.73 Å². The van der Waals surface area contributed by atoms with E-state index in [1.807, 2.05) is 0 Å². The Hall–Kier alpha value is -0.280. The second kappa shape index (κ2) is 9.77. The molecule has 1 aliphatic heterocycles. The summed E-state index contributed by atoms with van der Waals surface area (Å²) in [6.45, 7) is 6.20. The molecule has 0 aromatic rings. The van der Waals surface area contributed by atoms with Gasteiger partial charge in [0.25, 0.3) is 0 Å². The van der Waals surface area contributed by atoms with Gasteiger partial charge in [0, 0.05) is 25.0 Å². The van der Waals surface area contributed by atoms with Crippen LogP contribution in [0.5, 0.6) is 0 Å². The van der Waals surface area contributed by atoms with Gasteiger partial charge in [-0.05, 0) is 57.3 Å². The maximum Gasteiger partial charge on any atom is 0.225 e. The minimum absolute atomic E-state index is 0. The lowest BCUT2D eigenvalue weighted by molar-refractivity contribution is -0.138. The monoisotopic (exact) mass is 330 g/mol. The molecule has 22 heavy (non-hydrogen) atoms. The Bertz CT molecular complexity index is 327. The van der Waals surface area contributed by atoms with Gasteiger partial charge in [0.1, 0.15) is 0 Å². The molecular formula is C18H35ClN2O. The van der Waals surface area contributed by atoms with E-state index in [9.17, 15) is 4.79 Å². The molecule has 1 saturated heterocycles. The van der Waals surface area contributed by atoms with Crippen LogP contribution in [0, 0.1) is 17.8 Å². The number of hydrogen-bond acceptors (Lipinski definition) is 2. The number of halogens is 1. The van der Waals surface area contributed by atoms with Crippen molar-refractivity contribution < 1.29 is 4.79 Å². The summed E-state index contributed by atoms with van der Waals surface area (Å²) in [6, 6.07) is 0.213. The molecule has 2 aliphatic rings. The zero-order chi connectivity index (χ0) is 15.2. The topological polar surface area (TPSA) is 46.3 Å². The number of nitrogens with zero attached hydrogens (tertiary/aromatic N) is 1. The molecule has 0 bridgehead atoms. The Morgan fingerprint density at radius 3 is 2.50 bits per heavy atom. The maximum atomic E-state index is 12.7. The predicted octanol–water partition coefficient (Wildman–Crippen LogP) is 3.99. The Kier molecular flexibility index (Phi) is 8.78. The standard InChI is InChI=1S/C18H34N2O.ClH/c1-3-4-6-15-8-10-16(11-9-15)18(21)20-12-5-7-17(13-20)14(2)19;/h14-17H,3-13,19H2,1-2H3;1H. The van der Waals surface area contributed by atoms with Crippen molar-refractivity contribution in [2.75, 3.05) is 13.1 Å². The molecule has 0 aromatic carbocycles. The largest absolute Gasteiger partial charge is 0.342 e. The smallest absolute Gasteiger partial charge is 0.225 e. The van der Waals surface area contributed by atoms with Crippen LogP contribution in [0.2, 0.25) is 0 Å². The molecule has 3 nitrogen and oxygen atoms in total. The van der Waals surface area contributed by atoms with Gasteiger partial charge in [-0.3, -0.25) is 4.79 Å².